The van der Waals surface area contributed by atoms with Crippen LogP contribution in [0.2, 0.25) is 0 Å². The molecule has 0 bridgehead atoms. The predicted octanol–water partition coefficient (Wildman–Crippen LogP) is 1.82. The van der Waals surface area contributed by atoms with Crippen LogP contribution in [0.3, 0.4) is 0 Å². The van der Waals surface area contributed by atoms with Crippen molar-refractivity contribution < 1.29 is 17.9 Å². The molecule has 1 aliphatic heterocycles. The van der Waals surface area contributed by atoms with Crippen molar-refractivity contribution in [1.29, 1.82) is 0 Å². The van der Waals surface area contributed by atoms with Crippen molar-refractivity contribution in [2.45, 2.75) is 17.0 Å². The Kier molecular flexibility index (Phi) is 5.25. The number of rotatable bonds is 7. The molecule has 1 aromatic carbocycles. The Morgan fingerprint density at radius 1 is 1.10 bits per heavy atom. The minimum absolute atomic E-state index is 0.160. The Morgan fingerprint density at radius 2 is 1.92 bits per heavy atom. The van der Waals surface area contributed by atoms with Gasteiger partial charge in [0.25, 0.3) is 10.0 Å². The van der Waals surface area contributed by atoms with Gasteiger partial charge in [0.15, 0.2) is 17.2 Å². The molecule has 1 aliphatic rings. The summed E-state index contributed by atoms with van der Waals surface area (Å²) in [5.41, 5.74) is 7.92. The average Bonchev–Trinajstić information content (AvgIpc) is 3.72. The molecule has 0 saturated carbocycles. The summed E-state index contributed by atoms with van der Waals surface area (Å²) >= 11 is 0. The van der Waals surface area contributed by atoms with Crippen LogP contribution in [0.4, 0.5) is 0 Å². The molecule has 1 fully saturated rings. The van der Waals surface area contributed by atoms with Crippen molar-refractivity contribution in [1.82, 2.24) is 33.6 Å². The number of furan rings is 1. The van der Waals surface area contributed by atoms with Gasteiger partial charge in [0, 0.05) is 37.4 Å². The van der Waals surface area contributed by atoms with Crippen molar-refractivity contribution in [3.8, 4) is 17.3 Å². The molecule has 0 atom stereocenters. The summed E-state index contributed by atoms with van der Waals surface area (Å²) in [5.74, 6) is 1.29. The molecule has 198 valence electrons. The summed E-state index contributed by atoms with van der Waals surface area (Å²) in [6, 6.07) is 13.4. The maximum atomic E-state index is 13.5. The first kappa shape index (κ1) is 23.8. The summed E-state index contributed by atoms with van der Waals surface area (Å²) in [5, 5.41) is 18.0. The first-order valence-corrected chi connectivity index (χ1v) is 13.7. The molecule has 7 rings (SSSR count). The average molecular weight is 545 g/mol. The first-order valence-electron chi connectivity index (χ1n) is 12.3. The minimum Gasteiger partial charge on any atom is -0.455 e. The maximum Gasteiger partial charge on any atom is 0.269 e. The molecular formula is C26H24N8O4S. The van der Waals surface area contributed by atoms with E-state index in [4.69, 9.17) is 15.1 Å². The SMILES string of the molecule is NCC1(n2cc(-n3c(-c4ccc(CO)o4)nc4cnc5c(ccn5S(=O)(=O)c5ccccc5)c43)cn2)CNC1. The lowest BCUT2D eigenvalue weighted by molar-refractivity contribution is 0.165. The zero-order valence-electron chi connectivity index (χ0n) is 20.6. The van der Waals surface area contributed by atoms with Gasteiger partial charge < -0.3 is 20.6 Å². The van der Waals surface area contributed by atoms with Crippen LogP contribution < -0.4 is 11.1 Å². The molecule has 0 amide bonds. The highest BCUT2D eigenvalue weighted by Gasteiger charge is 2.38. The third-order valence-corrected chi connectivity index (χ3v) is 8.91. The van der Waals surface area contributed by atoms with Gasteiger partial charge in [-0.25, -0.2) is 22.4 Å². The molecule has 39 heavy (non-hydrogen) atoms. The predicted molar refractivity (Wildman–Crippen MR) is 143 cm³/mol. The smallest absolute Gasteiger partial charge is 0.269 e. The molecule has 0 unspecified atom stereocenters. The van der Waals surface area contributed by atoms with Crippen LogP contribution >= 0.6 is 0 Å². The molecule has 0 radical (unpaired) electrons. The number of nitrogens with two attached hydrogens (primary N) is 1. The number of imidazole rings is 1. The summed E-state index contributed by atoms with van der Waals surface area (Å²) in [6.45, 7) is 1.57. The molecular weight excluding hydrogens is 520 g/mol. The number of hydrogen-bond donors (Lipinski definition) is 3. The maximum absolute atomic E-state index is 13.5. The molecule has 0 spiro atoms. The fourth-order valence-corrected chi connectivity index (χ4v) is 6.35. The normalized spacial score (nSPS) is 15.2. The van der Waals surface area contributed by atoms with Crippen LogP contribution in [0.1, 0.15) is 5.76 Å². The third kappa shape index (κ3) is 3.48. The van der Waals surface area contributed by atoms with E-state index in [0.717, 1.165) is 0 Å². The second-order valence-electron chi connectivity index (χ2n) is 9.53. The van der Waals surface area contributed by atoms with Gasteiger partial charge >= 0.3 is 0 Å². The number of aliphatic hydroxyl groups is 1. The quantitative estimate of drug-likeness (QED) is 0.272. The van der Waals surface area contributed by atoms with E-state index in [1.165, 1.54) is 10.2 Å². The number of fused-ring (bicyclic) bond motifs is 3. The second-order valence-corrected chi connectivity index (χ2v) is 11.3. The standard InChI is InChI=1S/C26H24N8O4S/c27-14-26(15-28-16-26)33-12-17(10-30-33)34-23-20-8-9-32(39(36,37)19-4-2-1-3-5-19)24(20)29-11-21(23)31-25(34)22-7-6-18(13-35)38-22/h1-12,28,35H,13-16,27H2. The van der Waals surface area contributed by atoms with Crippen molar-refractivity contribution in [3.63, 3.8) is 0 Å². The highest BCUT2D eigenvalue weighted by atomic mass is 32.2. The van der Waals surface area contributed by atoms with Gasteiger partial charge in [-0.1, -0.05) is 18.2 Å². The van der Waals surface area contributed by atoms with E-state index in [1.807, 2.05) is 15.4 Å². The van der Waals surface area contributed by atoms with Crippen molar-refractivity contribution in [2.24, 2.45) is 5.73 Å². The van der Waals surface area contributed by atoms with E-state index in [-0.39, 0.29) is 22.7 Å². The Labute approximate surface area is 222 Å². The van der Waals surface area contributed by atoms with E-state index in [0.29, 0.717) is 59.1 Å². The molecule has 5 aromatic heterocycles. The van der Waals surface area contributed by atoms with Crippen molar-refractivity contribution in [2.75, 3.05) is 19.6 Å². The van der Waals surface area contributed by atoms with Crippen molar-refractivity contribution in [3.05, 3.63) is 79.1 Å². The molecule has 6 aromatic rings. The van der Waals surface area contributed by atoms with E-state index in [1.54, 1.807) is 60.9 Å². The Morgan fingerprint density at radius 3 is 2.62 bits per heavy atom. The molecule has 4 N–H and O–H groups in total. The van der Waals surface area contributed by atoms with Crippen LogP contribution in [-0.4, -0.2) is 61.4 Å². The van der Waals surface area contributed by atoms with E-state index < -0.39 is 10.0 Å². The van der Waals surface area contributed by atoms with Gasteiger partial charge in [0.1, 0.15) is 17.9 Å². The van der Waals surface area contributed by atoms with E-state index in [9.17, 15) is 13.5 Å². The van der Waals surface area contributed by atoms with Gasteiger partial charge in [-0.05, 0) is 30.3 Å². The number of hydrogen-bond acceptors (Lipinski definition) is 9. The lowest BCUT2D eigenvalue weighted by atomic mass is 9.93. The van der Waals surface area contributed by atoms with Crippen LogP contribution in [0, 0.1) is 0 Å². The van der Waals surface area contributed by atoms with Crippen LogP contribution in [0.15, 0.2) is 82.6 Å². The topological polar surface area (TPSA) is 159 Å². The first-order chi connectivity index (χ1) is 18.9. The summed E-state index contributed by atoms with van der Waals surface area (Å²) in [7, 11) is -3.89. The van der Waals surface area contributed by atoms with E-state index >= 15 is 0 Å². The number of nitrogens with one attached hydrogen (secondary N) is 1. The lowest BCUT2D eigenvalue weighted by Gasteiger charge is -2.41. The van der Waals surface area contributed by atoms with Gasteiger partial charge in [-0.2, -0.15) is 5.10 Å². The molecule has 6 heterocycles. The highest BCUT2D eigenvalue weighted by Crippen LogP contribution is 2.35. The Hall–Kier alpha value is -4.30. The number of aromatic nitrogens is 6. The van der Waals surface area contributed by atoms with Crippen LogP contribution in [-0.2, 0) is 22.2 Å². The molecule has 12 nitrogen and oxygen atoms in total. The summed E-state index contributed by atoms with van der Waals surface area (Å²) in [4.78, 5) is 9.46. The highest BCUT2D eigenvalue weighted by molar-refractivity contribution is 7.90. The fourth-order valence-electron chi connectivity index (χ4n) is 5.03. The zero-order valence-corrected chi connectivity index (χ0v) is 21.4. The molecule has 13 heteroatoms. The summed E-state index contributed by atoms with van der Waals surface area (Å²) in [6.07, 6.45) is 6.67. The van der Waals surface area contributed by atoms with Gasteiger partial charge in [-0.3, -0.25) is 9.25 Å². The minimum atomic E-state index is -3.89. The van der Waals surface area contributed by atoms with E-state index in [2.05, 4.69) is 15.4 Å². The number of pyridine rings is 1. The van der Waals surface area contributed by atoms with Crippen molar-refractivity contribution >= 4 is 32.1 Å². The molecule has 0 aliphatic carbocycles. The zero-order chi connectivity index (χ0) is 26.8. The third-order valence-electron chi connectivity index (χ3n) is 7.23. The largest absolute Gasteiger partial charge is 0.455 e. The number of nitrogens with zero attached hydrogens (tertiary/aromatic N) is 6. The lowest BCUT2D eigenvalue weighted by Crippen LogP contribution is -2.64. The Balaban J connectivity index is 1.48. The second kappa shape index (κ2) is 8.61. The van der Waals surface area contributed by atoms with Crippen LogP contribution in [0.5, 0.6) is 0 Å². The van der Waals surface area contributed by atoms with Gasteiger partial charge in [0.2, 0.25) is 0 Å². The van der Waals surface area contributed by atoms with Gasteiger partial charge in [0.05, 0.1) is 34.0 Å². The number of aliphatic hydroxyl groups excluding tert-OH is 1. The van der Waals surface area contributed by atoms with Gasteiger partial charge in [-0.15, -0.1) is 0 Å². The Bertz CT molecular complexity index is 1940. The fraction of sp³-hybridized carbons (Fsp3) is 0.192. The number of benzene rings is 1. The molecule has 1 saturated heterocycles. The monoisotopic (exact) mass is 544 g/mol. The van der Waals surface area contributed by atoms with Crippen LogP contribution in [0.25, 0.3) is 39.3 Å². The summed E-state index contributed by atoms with van der Waals surface area (Å²) < 4.78 is 37.7.